The molecule has 1 atom stereocenters. The van der Waals surface area contributed by atoms with Gasteiger partial charge >= 0.3 is 0 Å². The lowest BCUT2D eigenvalue weighted by Crippen LogP contribution is -2.28. The van der Waals surface area contributed by atoms with Crippen molar-refractivity contribution in [2.24, 2.45) is 5.84 Å². The van der Waals surface area contributed by atoms with E-state index in [-0.39, 0.29) is 6.04 Å². The van der Waals surface area contributed by atoms with Crippen molar-refractivity contribution in [3.8, 4) is 0 Å². The zero-order valence-electron chi connectivity index (χ0n) is 10.7. The molecule has 2 rings (SSSR count). The Balaban J connectivity index is 2.37. The Kier molecular flexibility index (Phi) is 4.99. The topological polar surface area (TPSA) is 38.0 Å². The molecule has 0 radical (unpaired) electrons. The predicted molar refractivity (Wildman–Crippen MR) is 84.1 cm³/mol. The molecule has 4 heteroatoms. The second kappa shape index (κ2) is 6.53. The summed E-state index contributed by atoms with van der Waals surface area (Å²) in [6, 6.07) is 14.2. The van der Waals surface area contributed by atoms with Gasteiger partial charge in [-0.2, -0.15) is 0 Å². The number of benzene rings is 2. The van der Waals surface area contributed by atoms with E-state index >= 15 is 0 Å². The van der Waals surface area contributed by atoms with E-state index in [0.29, 0.717) is 5.02 Å². The highest BCUT2D eigenvalue weighted by atomic mass is 79.9. The number of hydrogen-bond donors (Lipinski definition) is 2. The fourth-order valence-corrected chi connectivity index (χ4v) is 2.96. The highest BCUT2D eigenvalue weighted by Crippen LogP contribution is 2.27. The van der Waals surface area contributed by atoms with Crippen LogP contribution >= 0.6 is 27.5 Å². The van der Waals surface area contributed by atoms with Crippen molar-refractivity contribution in [2.45, 2.75) is 19.4 Å². The molecule has 0 amide bonds. The molecule has 19 heavy (non-hydrogen) atoms. The van der Waals surface area contributed by atoms with Crippen molar-refractivity contribution in [1.29, 1.82) is 0 Å². The van der Waals surface area contributed by atoms with E-state index in [1.54, 1.807) is 0 Å². The largest absolute Gasteiger partial charge is 0.271 e. The van der Waals surface area contributed by atoms with Gasteiger partial charge in [0.1, 0.15) is 0 Å². The van der Waals surface area contributed by atoms with Crippen LogP contribution in [0.1, 0.15) is 29.7 Å². The minimum Gasteiger partial charge on any atom is -0.271 e. The van der Waals surface area contributed by atoms with Gasteiger partial charge in [0.05, 0.1) is 6.04 Å². The van der Waals surface area contributed by atoms with Gasteiger partial charge in [-0.3, -0.25) is 5.84 Å². The van der Waals surface area contributed by atoms with Crippen LogP contribution in [0.2, 0.25) is 5.02 Å². The average molecular weight is 340 g/mol. The number of halogens is 2. The van der Waals surface area contributed by atoms with Gasteiger partial charge in [0.15, 0.2) is 0 Å². The molecule has 2 nitrogen and oxygen atoms in total. The summed E-state index contributed by atoms with van der Waals surface area (Å²) in [5, 5.41) is 0.690. The Bertz CT molecular complexity index is 534. The first-order chi connectivity index (χ1) is 9.13. The van der Waals surface area contributed by atoms with E-state index in [2.05, 4.69) is 52.5 Å². The van der Waals surface area contributed by atoms with Crippen molar-refractivity contribution in [3.05, 3.63) is 68.7 Å². The van der Waals surface area contributed by atoms with Crippen molar-refractivity contribution in [3.63, 3.8) is 0 Å². The van der Waals surface area contributed by atoms with Crippen LogP contribution < -0.4 is 11.3 Å². The van der Waals surface area contributed by atoms with Gasteiger partial charge in [0.2, 0.25) is 0 Å². The normalized spacial score (nSPS) is 12.4. The van der Waals surface area contributed by atoms with Crippen LogP contribution in [0.5, 0.6) is 0 Å². The highest BCUT2D eigenvalue weighted by Gasteiger charge is 2.13. The third kappa shape index (κ3) is 3.57. The summed E-state index contributed by atoms with van der Waals surface area (Å²) in [5.74, 6) is 5.70. The van der Waals surface area contributed by atoms with Crippen LogP contribution in [0.15, 0.2) is 46.9 Å². The summed E-state index contributed by atoms with van der Waals surface area (Å²) in [5.41, 5.74) is 6.31. The molecule has 2 aromatic carbocycles. The fourth-order valence-electron chi connectivity index (χ4n) is 2.07. The minimum absolute atomic E-state index is 0.0686. The summed E-state index contributed by atoms with van der Waals surface area (Å²) in [4.78, 5) is 0. The van der Waals surface area contributed by atoms with E-state index in [0.717, 1.165) is 22.0 Å². The standard InChI is InChI=1S/C15H16BrClN2/c1-2-10-3-5-11(6-4-10)15(19-18)12-7-13(16)9-14(17)8-12/h3-9,15,19H,2,18H2,1H3. The summed E-state index contributed by atoms with van der Waals surface area (Å²) >= 11 is 9.54. The van der Waals surface area contributed by atoms with Gasteiger partial charge in [0.25, 0.3) is 0 Å². The molecule has 0 bridgehead atoms. The van der Waals surface area contributed by atoms with Crippen LogP contribution in [-0.2, 0) is 6.42 Å². The minimum atomic E-state index is -0.0686. The predicted octanol–water partition coefficient (Wildman–Crippen LogP) is 4.22. The van der Waals surface area contributed by atoms with Crippen molar-refractivity contribution in [1.82, 2.24) is 5.43 Å². The maximum atomic E-state index is 6.09. The molecule has 3 N–H and O–H groups in total. The summed E-state index contributed by atoms with van der Waals surface area (Å²) in [6.07, 6.45) is 1.03. The molecule has 0 aliphatic carbocycles. The Morgan fingerprint density at radius 2 is 1.84 bits per heavy atom. The first kappa shape index (κ1) is 14.5. The Morgan fingerprint density at radius 3 is 2.37 bits per heavy atom. The lowest BCUT2D eigenvalue weighted by atomic mass is 9.98. The lowest BCUT2D eigenvalue weighted by molar-refractivity contribution is 0.636. The van der Waals surface area contributed by atoms with Crippen molar-refractivity contribution < 1.29 is 0 Å². The molecule has 0 aliphatic heterocycles. The highest BCUT2D eigenvalue weighted by molar-refractivity contribution is 9.10. The fraction of sp³-hybridized carbons (Fsp3) is 0.200. The first-order valence-corrected chi connectivity index (χ1v) is 7.32. The third-order valence-electron chi connectivity index (χ3n) is 3.11. The Morgan fingerprint density at radius 1 is 1.16 bits per heavy atom. The molecule has 0 fully saturated rings. The Labute approximate surface area is 127 Å². The Hall–Kier alpha value is -0.870. The van der Waals surface area contributed by atoms with Crippen molar-refractivity contribution in [2.75, 3.05) is 0 Å². The van der Waals surface area contributed by atoms with E-state index in [4.69, 9.17) is 17.4 Å². The SMILES string of the molecule is CCc1ccc(C(NN)c2cc(Cl)cc(Br)c2)cc1. The second-order valence-electron chi connectivity index (χ2n) is 4.40. The molecular weight excluding hydrogens is 324 g/mol. The van der Waals surface area contributed by atoms with Crippen LogP contribution in [-0.4, -0.2) is 0 Å². The lowest BCUT2D eigenvalue weighted by Gasteiger charge is -2.18. The van der Waals surface area contributed by atoms with Crippen LogP contribution in [0.4, 0.5) is 0 Å². The zero-order valence-corrected chi connectivity index (χ0v) is 13.0. The van der Waals surface area contributed by atoms with Gasteiger partial charge in [-0.15, -0.1) is 0 Å². The second-order valence-corrected chi connectivity index (χ2v) is 5.75. The van der Waals surface area contributed by atoms with E-state index in [1.807, 2.05) is 18.2 Å². The van der Waals surface area contributed by atoms with Crippen LogP contribution in [0.3, 0.4) is 0 Å². The van der Waals surface area contributed by atoms with Crippen molar-refractivity contribution >= 4 is 27.5 Å². The van der Waals surface area contributed by atoms with Gasteiger partial charge in [-0.1, -0.05) is 58.7 Å². The number of hydrazine groups is 1. The molecule has 0 spiro atoms. The molecule has 1 unspecified atom stereocenters. The molecule has 100 valence electrons. The molecule has 0 heterocycles. The number of nitrogens with one attached hydrogen (secondary N) is 1. The van der Waals surface area contributed by atoms with Crippen LogP contribution in [0, 0.1) is 0 Å². The first-order valence-electron chi connectivity index (χ1n) is 6.15. The quantitative estimate of drug-likeness (QED) is 0.646. The number of hydrogen-bond acceptors (Lipinski definition) is 2. The summed E-state index contributed by atoms with van der Waals surface area (Å²) < 4.78 is 0.945. The van der Waals surface area contributed by atoms with Gasteiger partial charge < -0.3 is 0 Å². The average Bonchev–Trinajstić information content (AvgIpc) is 2.39. The number of rotatable bonds is 4. The van der Waals surface area contributed by atoms with E-state index in [1.165, 1.54) is 5.56 Å². The zero-order chi connectivity index (χ0) is 13.8. The van der Waals surface area contributed by atoms with E-state index < -0.39 is 0 Å². The molecular formula is C15H16BrClN2. The van der Waals surface area contributed by atoms with Gasteiger partial charge in [-0.25, -0.2) is 5.43 Å². The summed E-state index contributed by atoms with van der Waals surface area (Å²) in [7, 11) is 0. The molecule has 0 saturated heterocycles. The maximum absolute atomic E-state index is 6.09. The molecule has 0 aromatic heterocycles. The maximum Gasteiger partial charge on any atom is 0.0711 e. The monoisotopic (exact) mass is 338 g/mol. The number of aryl methyl sites for hydroxylation is 1. The van der Waals surface area contributed by atoms with Crippen LogP contribution in [0.25, 0.3) is 0 Å². The van der Waals surface area contributed by atoms with E-state index in [9.17, 15) is 0 Å². The number of nitrogens with two attached hydrogens (primary N) is 1. The molecule has 0 aliphatic rings. The smallest absolute Gasteiger partial charge is 0.0711 e. The molecule has 2 aromatic rings. The third-order valence-corrected chi connectivity index (χ3v) is 3.78. The summed E-state index contributed by atoms with van der Waals surface area (Å²) in [6.45, 7) is 2.14. The van der Waals surface area contributed by atoms with Gasteiger partial charge in [-0.05, 0) is 41.3 Å². The molecule has 0 saturated carbocycles. The van der Waals surface area contributed by atoms with Gasteiger partial charge in [0, 0.05) is 9.50 Å².